The topological polar surface area (TPSA) is 92.8 Å². The minimum atomic E-state index is -3.82. The van der Waals surface area contributed by atoms with Gasteiger partial charge >= 0.3 is 5.97 Å². The van der Waals surface area contributed by atoms with Gasteiger partial charge in [-0.2, -0.15) is 4.31 Å². The maximum Gasteiger partial charge on any atom is 0.328 e. The summed E-state index contributed by atoms with van der Waals surface area (Å²) in [5.74, 6) is -1.20. The molecule has 1 aromatic rings. The molecule has 1 amide bonds. The standard InChI is InChI=1S/C19H28N2O5S/c1-12(2)17(19(23)26-5)20-18(22)16-11-8-14(4)21(16)27(24,25)15-9-6-13(3)7-10-15/h6-7,9-10,12,14,16-17H,8,11H2,1-5H3,(H,20,22)/t14-,16+,17+/m1/s1. The van der Waals surface area contributed by atoms with Crippen LogP contribution in [-0.4, -0.2) is 49.8 Å². The lowest BCUT2D eigenvalue weighted by molar-refractivity contribution is -0.146. The highest BCUT2D eigenvalue weighted by Crippen LogP contribution is 2.31. The number of nitrogens with zero attached hydrogens (tertiary/aromatic N) is 1. The van der Waals surface area contributed by atoms with Crippen molar-refractivity contribution >= 4 is 21.9 Å². The van der Waals surface area contributed by atoms with E-state index in [2.05, 4.69) is 5.32 Å². The number of carbonyl (C=O) groups excluding carboxylic acids is 2. The molecular formula is C19H28N2O5S. The van der Waals surface area contributed by atoms with E-state index in [1.54, 1.807) is 45.0 Å². The maximum atomic E-state index is 13.1. The lowest BCUT2D eigenvalue weighted by Crippen LogP contribution is -2.53. The molecule has 0 unspecified atom stereocenters. The smallest absolute Gasteiger partial charge is 0.328 e. The Morgan fingerprint density at radius 2 is 1.78 bits per heavy atom. The Kier molecular flexibility index (Phi) is 6.64. The van der Waals surface area contributed by atoms with Crippen molar-refractivity contribution in [3.05, 3.63) is 29.8 Å². The van der Waals surface area contributed by atoms with Crippen LogP contribution in [0.5, 0.6) is 0 Å². The molecule has 0 radical (unpaired) electrons. The van der Waals surface area contributed by atoms with Crippen LogP contribution in [0.3, 0.4) is 0 Å². The Bertz CT molecular complexity index is 789. The summed E-state index contributed by atoms with van der Waals surface area (Å²) in [6, 6.07) is 4.59. The zero-order chi connectivity index (χ0) is 20.4. The van der Waals surface area contributed by atoms with Gasteiger partial charge in [-0.05, 0) is 44.7 Å². The highest BCUT2D eigenvalue weighted by atomic mass is 32.2. The Morgan fingerprint density at radius 3 is 2.30 bits per heavy atom. The number of benzene rings is 1. The molecule has 0 spiro atoms. The first kappa shape index (κ1) is 21.4. The summed E-state index contributed by atoms with van der Waals surface area (Å²) in [5.41, 5.74) is 0.954. The van der Waals surface area contributed by atoms with E-state index in [0.717, 1.165) is 5.56 Å². The van der Waals surface area contributed by atoms with Gasteiger partial charge in [-0.15, -0.1) is 0 Å². The molecule has 0 aromatic heterocycles. The molecule has 8 heteroatoms. The monoisotopic (exact) mass is 396 g/mol. The Labute approximate surface area is 161 Å². The fraction of sp³-hybridized carbons (Fsp3) is 0.579. The average molecular weight is 397 g/mol. The van der Waals surface area contributed by atoms with Crippen LogP contribution < -0.4 is 5.32 Å². The second-order valence-corrected chi connectivity index (χ2v) is 9.19. The lowest BCUT2D eigenvalue weighted by atomic mass is 10.0. The van der Waals surface area contributed by atoms with Gasteiger partial charge in [0.2, 0.25) is 15.9 Å². The molecule has 1 fully saturated rings. The van der Waals surface area contributed by atoms with E-state index in [-0.39, 0.29) is 16.9 Å². The third kappa shape index (κ3) is 4.50. The molecule has 1 aromatic carbocycles. The third-order valence-electron chi connectivity index (χ3n) is 4.92. The minimum Gasteiger partial charge on any atom is -0.467 e. The van der Waals surface area contributed by atoms with Crippen molar-refractivity contribution in [2.75, 3.05) is 7.11 Å². The predicted molar refractivity (Wildman–Crippen MR) is 101 cm³/mol. The molecule has 1 N–H and O–H groups in total. The number of aryl methyl sites for hydroxylation is 1. The molecule has 27 heavy (non-hydrogen) atoms. The largest absolute Gasteiger partial charge is 0.467 e. The Morgan fingerprint density at radius 1 is 1.19 bits per heavy atom. The van der Waals surface area contributed by atoms with Gasteiger partial charge in [0.1, 0.15) is 12.1 Å². The van der Waals surface area contributed by atoms with Crippen LogP contribution in [0, 0.1) is 12.8 Å². The van der Waals surface area contributed by atoms with Gasteiger partial charge in [0.05, 0.1) is 12.0 Å². The number of ether oxygens (including phenoxy) is 1. The zero-order valence-corrected chi connectivity index (χ0v) is 17.2. The van der Waals surface area contributed by atoms with Crippen molar-refractivity contribution in [1.82, 2.24) is 9.62 Å². The highest BCUT2D eigenvalue weighted by Gasteiger charge is 2.44. The van der Waals surface area contributed by atoms with Crippen LogP contribution in [0.1, 0.15) is 39.2 Å². The van der Waals surface area contributed by atoms with Crippen molar-refractivity contribution in [1.29, 1.82) is 0 Å². The van der Waals surface area contributed by atoms with Crippen molar-refractivity contribution in [3.63, 3.8) is 0 Å². The molecule has 1 aliphatic heterocycles. The number of amides is 1. The van der Waals surface area contributed by atoms with Gasteiger partial charge in [-0.1, -0.05) is 31.5 Å². The van der Waals surface area contributed by atoms with E-state index >= 15 is 0 Å². The summed E-state index contributed by atoms with van der Waals surface area (Å²) in [6.45, 7) is 7.25. The van der Waals surface area contributed by atoms with E-state index < -0.39 is 34.0 Å². The van der Waals surface area contributed by atoms with Crippen LogP contribution in [0.25, 0.3) is 0 Å². The summed E-state index contributed by atoms with van der Waals surface area (Å²) in [7, 11) is -2.56. The van der Waals surface area contributed by atoms with Crippen LogP contribution in [-0.2, 0) is 24.3 Å². The second kappa shape index (κ2) is 8.39. The van der Waals surface area contributed by atoms with E-state index in [1.807, 2.05) is 6.92 Å². The van der Waals surface area contributed by atoms with Crippen molar-refractivity contribution in [2.45, 2.75) is 63.6 Å². The normalized spacial score (nSPS) is 21.9. The van der Waals surface area contributed by atoms with Crippen molar-refractivity contribution in [2.24, 2.45) is 5.92 Å². The van der Waals surface area contributed by atoms with Gasteiger partial charge in [0, 0.05) is 6.04 Å². The molecule has 150 valence electrons. The third-order valence-corrected chi connectivity index (χ3v) is 6.96. The number of sulfonamides is 1. The molecular weight excluding hydrogens is 368 g/mol. The van der Waals surface area contributed by atoms with Gasteiger partial charge in [-0.3, -0.25) is 4.79 Å². The second-order valence-electron chi connectivity index (χ2n) is 7.34. The molecule has 0 bridgehead atoms. The van der Waals surface area contributed by atoms with E-state index in [9.17, 15) is 18.0 Å². The fourth-order valence-electron chi connectivity index (χ4n) is 3.32. The van der Waals surface area contributed by atoms with E-state index in [4.69, 9.17) is 4.74 Å². The number of nitrogens with one attached hydrogen (secondary N) is 1. The van der Waals surface area contributed by atoms with Crippen LogP contribution in [0.2, 0.25) is 0 Å². The Balaban J connectivity index is 2.29. The SMILES string of the molecule is COC(=O)[C@@H](NC(=O)[C@@H]1CC[C@@H](C)N1S(=O)(=O)c1ccc(C)cc1)C(C)C. The lowest BCUT2D eigenvalue weighted by Gasteiger charge is -2.29. The molecule has 0 aliphatic carbocycles. The van der Waals surface area contributed by atoms with Gasteiger partial charge < -0.3 is 10.1 Å². The number of methoxy groups -OCH3 is 1. The highest BCUT2D eigenvalue weighted by molar-refractivity contribution is 7.89. The number of hydrogen-bond acceptors (Lipinski definition) is 5. The van der Waals surface area contributed by atoms with Gasteiger partial charge in [-0.25, -0.2) is 13.2 Å². The number of hydrogen-bond donors (Lipinski definition) is 1. The van der Waals surface area contributed by atoms with Crippen LogP contribution in [0.4, 0.5) is 0 Å². The number of carbonyl (C=O) groups is 2. The van der Waals surface area contributed by atoms with Crippen molar-refractivity contribution in [3.8, 4) is 0 Å². The average Bonchev–Trinajstić information content (AvgIpc) is 3.01. The van der Waals surface area contributed by atoms with Crippen LogP contribution in [0.15, 0.2) is 29.2 Å². The molecule has 1 heterocycles. The zero-order valence-electron chi connectivity index (χ0n) is 16.4. The summed E-state index contributed by atoms with van der Waals surface area (Å²) < 4.78 is 32.3. The first-order valence-corrected chi connectivity index (χ1v) is 10.5. The van der Waals surface area contributed by atoms with Gasteiger partial charge in [0.15, 0.2) is 0 Å². The molecule has 2 rings (SSSR count). The number of esters is 1. The summed E-state index contributed by atoms with van der Waals surface area (Å²) >= 11 is 0. The van der Waals surface area contributed by atoms with E-state index in [1.165, 1.54) is 11.4 Å². The molecule has 0 saturated carbocycles. The van der Waals surface area contributed by atoms with Crippen molar-refractivity contribution < 1.29 is 22.7 Å². The predicted octanol–water partition coefficient (Wildman–Crippen LogP) is 1.85. The minimum absolute atomic E-state index is 0.160. The fourth-order valence-corrected chi connectivity index (χ4v) is 5.16. The number of rotatable bonds is 6. The maximum absolute atomic E-state index is 13.1. The van der Waals surface area contributed by atoms with Crippen LogP contribution >= 0.6 is 0 Å². The molecule has 3 atom stereocenters. The Hall–Kier alpha value is -1.93. The summed E-state index contributed by atoms with van der Waals surface area (Å²) in [4.78, 5) is 24.9. The first-order chi connectivity index (χ1) is 12.6. The molecule has 1 saturated heterocycles. The van der Waals surface area contributed by atoms with Gasteiger partial charge in [0.25, 0.3) is 0 Å². The quantitative estimate of drug-likeness (QED) is 0.741. The summed E-state index contributed by atoms with van der Waals surface area (Å²) in [5, 5.41) is 2.67. The molecule has 1 aliphatic rings. The summed E-state index contributed by atoms with van der Waals surface area (Å²) in [6.07, 6.45) is 0.984. The first-order valence-electron chi connectivity index (χ1n) is 9.08. The molecule has 7 nitrogen and oxygen atoms in total. The van der Waals surface area contributed by atoms with E-state index in [0.29, 0.717) is 12.8 Å².